The van der Waals surface area contributed by atoms with Crippen LogP contribution >= 0.6 is 0 Å². The number of amides is 1. The van der Waals surface area contributed by atoms with E-state index in [0.29, 0.717) is 6.54 Å². The van der Waals surface area contributed by atoms with E-state index in [2.05, 4.69) is 5.32 Å². The zero-order valence-electron chi connectivity index (χ0n) is 12.3. The molecule has 1 aromatic heterocycles. The van der Waals surface area contributed by atoms with Crippen molar-refractivity contribution in [2.45, 2.75) is 46.1 Å². The Morgan fingerprint density at radius 1 is 1.15 bits per heavy atom. The number of aromatic nitrogens is 1. The molecule has 1 heterocycles. The van der Waals surface area contributed by atoms with Crippen LogP contribution in [0.3, 0.4) is 0 Å². The van der Waals surface area contributed by atoms with Crippen LogP contribution in [0.4, 0.5) is 0 Å². The molecular formula is C15H24N2O3. The molecule has 0 fully saturated rings. The van der Waals surface area contributed by atoms with Crippen LogP contribution < -0.4 is 10.7 Å². The van der Waals surface area contributed by atoms with Crippen molar-refractivity contribution in [2.24, 2.45) is 0 Å². The van der Waals surface area contributed by atoms with Crippen molar-refractivity contribution in [3.8, 4) is 0 Å². The van der Waals surface area contributed by atoms with Crippen LogP contribution in [0.1, 0.15) is 37.1 Å². The Labute approximate surface area is 119 Å². The molecule has 5 heteroatoms. The summed E-state index contributed by atoms with van der Waals surface area (Å²) in [5, 5.41) is 11.5. The van der Waals surface area contributed by atoms with E-state index in [1.165, 1.54) is 12.1 Å². The minimum Gasteiger partial charge on any atom is -0.396 e. The van der Waals surface area contributed by atoms with Gasteiger partial charge in [0.25, 0.3) is 0 Å². The molecule has 0 radical (unpaired) electrons. The van der Waals surface area contributed by atoms with Crippen molar-refractivity contribution < 1.29 is 9.90 Å². The van der Waals surface area contributed by atoms with Gasteiger partial charge >= 0.3 is 0 Å². The van der Waals surface area contributed by atoms with Crippen LogP contribution in [-0.4, -0.2) is 28.7 Å². The SMILES string of the molecule is Cc1cc(=O)cc(C)n1CC(=O)NCCCCCCO. The van der Waals surface area contributed by atoms with E-state index in [-0.39, 0.29) is 24.5 Å². The predicted molar refractivity (Wildman–Crippen MR) is 78.7 cm³/mol. The fourth-order valence-corrected chi connectivity index (χ4v) is 2.15. The standard InChI is InChI=1S/C15H24N2O3/c1-12-9-14(19)10-13(2)17(12)11-15(20)16-7-5-3-4-6-8-18/h9-10,18H,3-8,11H2,1-2H3,(H,16,20). The van der Waals surface area contributed by atoms with Gasteiger partial charge < -0.3 is 15.0 Å². The molecule has 0 saturated heterocycles. The number of carbonyl (C=O) groups excluding carboxylic acids is 1. The molecule has 20 heavy (non-hydrogen) atoms. The first-order valence-electron chi connectivity index (χ1n) is 7.10. The summed E-state index contributed by atoms with van der Waals surface area (Å²) in [5.41, 5.74) is 1.57. The largest absolute Gasteiger partial charge is 0.396 e. The van der Waals surface area contributed by atoms with Crippen molar-refractivity contribution in [2.75, 3.05) is 13.2 Å². The zero-order valence-corrected chi connectivity index (χ0v) is 12.3. The van der Waals surface area contributed by atoms with Gasteiger partial charge in [-0.15, -0.1) is 0 Å². The second-order valence-electron chi connectivity index (χ2n) is 5.05. The van der Waals surface area contributed by atoms with E-state index < -0.39 is 0 Å². The molecule has 0 aromatic carbocycles. The normalized spacial score (nSPS) is 10.6. The molecule has 1 aromatic rings. The van der Waals surface area contributed by atoms with Crippen molar-refractivity contribution in [1.82, 2.24) is 9.88 Å². The Morgan fingerprint density at radius 2 is 1.75 bits per heavy atom. The lowest BCUT2D eigenvalue weighted by molar-refractivity contribution is -0.121. The van der Waals surface area contributed by atoms with Gasteiger partial charge in [0.15, 0.2) is 5.43 Å². The van der Waals surface area contributed by atoms with Gasteiger partial charge in [0.05, 0.1) is 0 Å². The number of rotatable bonds is 8. The molecule has 0 atom stereocenters. The van der Waals surface area contributed by atoms with Gasteiger partial charge in [-0.3, -0.25) is 9.59 Å². The second kappa shape index (κ2) is 8.53. The highest BCUT2D eigenvalue weighted by Gasteiger charge is 2.06. The predicted octanol–water partition coefficient (Wildman–Crippen LogP) is 1.13. The molecular weight excluding hydrogens is 256 g/mol. The molecule has 2 N–H and O–H groups in total. The highest BCUT2D eigenvalue weighted by atomic mass is 16.2. The number of hydrogen-bond donors (Lipinski definition) is 2. The van der Waals surface area contributed by atoms with E-state index in [0.717, 1.165) is 37.1 Å². The Hall–Kier alpha value is -1.62. The Bertz CT molecular complexity index is 468. The Kier molecular flexibility index (Phi) is 7.01. The quantitative estimate of drug-likeness (QED) is 0.701. The van der Waals surface area contributed by atoms with E-state index in [1.807, 2.05) is 18.4 Å². The number of pyridine rings is 1. The van der Waals surface area contributed by atoms with Crippen LogP contribution in [0.2, 0.25) is 0 Å². The summed E-state index contributed by atoms with van der Waals surface area (Å²) in [7, 11) is 0. The summed E-state index contributed by atoms with van der Waals surface area (Å²) < 4.78 is 1.84. The van der Waals surface area contributed by atoms with Crippen molar-refractivity contribution >= 4 is 5.91 Å². The number of aliphatic hydroxyl groups excluding tert-OH is 1. The highest BCUT2D eigenvalue weighted by molar-refractivity contribution is 5.75. The molecule has 1 rings (SSSR count). The zero-order chi connectivity index (χ0) is 15.0. The average Bonchev–Trinajstić information content (AvgIpc) is 2.38. The molecule has 0 aliphatic rings. The van der Waals surface area contributed by atoms with E-state index in [4.69, 9.17) is 5.11 Å². The van der Waals surface area contributed by atoms with Crippen LogP contribution in [0.5, 0.6) is 0 Å². The lowest BCUT2D eigenvalue weighted by Gasteiger charge is -2.14. The maximum atomic E-state index is 11.8. The van der Waals surface area contributed by atoms with Gasteiger partial charge in [-0.2, -0.15) is 0 Å². The lowest BCUT2D eigenvalue weighted by Crippen LogP contribution is -2.30. The van der Waals surface area contributed by atoms with E-state index in [9.17, 15) is 9.59 Å². The van der Waals surface area contributed by atoms with Crippen LogP contribution in [0, 0.1) is 13.8 Å². The Balaban J connectivity index is 2.38. The number of hydrogen-bond acceptors (Lipinski definition) is 3. The molecule has 5 nitrogen and oxygen atoms in total. The van der Waals surface area contributed by atoms with Gasteiger partial charge in [0.2, 0.25) is 5.91 Å². The van der Waals surface area contributed by atoms with Crippen LogP contribution in [-0.2, 0) is 11.3 Å². The molecule has 0 saturated carbocycles. The highest BCUT2D eigenvalue weighted by Crippen LogP contribution is 2.01. The van der Waals surface area contributed by atoms with E-state index in [1.54, 1.807) is 0 Å². The number of nitrogens with one attached hydrogen (secondary N) is 1. The summed E-state index contributed by atoms with van der Waals surface area (Å²) in [6.45, 7) is 4.79. The minimum atomic E-state index is -0.0398. The molecule has 0 aliphatic carbocycles. The maximum absolute atomic E-state index is 11.8. The number of nitrogens with zero attached hydrogens (tertiary/aromatic N) is 1. The number of aliphatic hydroxyl groups is 1. The lowest BCUT2D eigenvalue weighted by atomic mass is 10.2. The second-order valence-corrected chi connectivity index (χ2v) is 5.05. The monoisotopic (exact) mass is 280 g/mol. The van der Waals surface area contributed by atoms with Crippen molar-refractivity contribution in [3.63, 3.8) is 0 Å². The molecule has 1 amide bonds. The van der Waals surface area contributed by atoms with Crippen LogP contribution in [0.25, 0.3) is 0 Å². The third-order valence-electron chi connectivity index (χ3n) is 3.26. The molecule has 0 aliphatic heterocycles. The van der Waals surface area contributed by atoms with Gasteiger partial charge in [0, 0.05) is 36.7 Å². The molecule has 0 unspecified atom stereocenters. The first kappa shape index (κ1) is 16.4. The first-order chi connectivity index (χ1) is 9.54. The third kappa shape index (κ3) is 5.57. The molecule has 0 spiro atoms. The summed E-state index contributed by atoms with van der Waals surface area (Å²) in [6.07, 6.45) is 3.75. The third-order valence-corrected chi connectivity index (χ3v) is 3.26. The van der Waals surface area contributed by atoms with Gasteiger partial charge in [0.1, 0.15) is 6.54 Å². The topological polar surface area (TPSA) is 71.3 Å². The number of carbonyl (C=O) groups is 1. The van der Waals surface area contributed by atoms with Gasteiger partial charge in [-0.25, -0.2) is 0 Å². The Morgan fingerprint density at radius 3 is 2.35 bits per heavy atom. The maximum Gasteiger partial charge on any atom is 0.239 e. The summed E-state index contributed by atoms with van der Waals surface area (Å²) >= 11 is 0. The minimum absolute atomic E-state index is 0.0273. The van der Waals surface area contributed by atoms with Gasteiger partial charge in [-0.05, 0) is 26.7 Å². The van der Waals surface area contributed by atoms with Gasteiger partial charge in [-0.1, -0.05) is 12.8 Å². The van der Waals surface area contributed by atoms with E-state index >= 15 is 0 Å². The fourth-order valence-electron chi connectivity index (χ4n) is 2.15. The summed E-state index contributed by atoms with van der Waals surface area (Å²) in [6, 6.07) is 3.07. The molecule has 0 bridgehead atoms. The smallest absolute Gasteiger partial charge is 0.239 e. The van der Waals surface area contributed by atoms with Crippen molar-refractivity contribution in [1.29, 1.82) is 0 Å². The summed E-state index contributed by atoms with van der Waals surface area (Å²) in [5.74, 6) is -0.0398. The number of aryl methyl sites for hydroxylation is 2. The fraction of sp³-hybridized carbons (Fsp3) is 0.600. The summed E-state index contributed by atoms with van der Waals surface area (Å²) in [4.78, 5) is 23.2. The first-order valence-corrected chi connectivity index (χ1v) is 7.10. The number of unbranched alkanes of at least 4 members (excludes halogenated alkanes) is 3. The average molecular weight is 280 g/mol. The van der Waals surface area contributed by atoms with Crippen LogP contribution in [0.15, 0.2) is 16.9 Å². The molecule has 112 valence electrons. The van der Waals surface area contributed by atoms with Crippen molar-refractivity contribution in [3.05, 3.63) is 33.7 Å².